The first-order valence-electron chi connectivity index (χ1n) is 6.18. The van der Waals surface area contributed by atoms with Crippen molar-refractivity contribution in [3.63, 3.8) is 0 Å². The molecule has 0 aliphatic carbocycles. The SMILES string of the molecule is CC(C)Oc1ccc(Cc2n[nH]c(=S)n(N)c2=O)cc1. The predicted molar refractivity (Wildman–Crippen MR) is 78.8 cm³/mol. The van der Waals surface area contributed by atoms with Gasteiger partial charge in [-0.15, -0.1) is 0 Å². The molecule has 1 aromatic carbocycles. The Hall–Kier alpha value is -2.15. The van der Waals surface area contributed by atoms with Crippen molar-refractivity contribution in [2.24, 2.45) is 0 Å². The van der Waals surface area contributed by atoms with Gasteiger partial charge in [0.25, 0.3) is 5.56 Å². The Labute approximate surface area is 121 Å². The highest BCUT2D eigenvalue weighted by Crippen LogP contribution is 2.14. The van der Waals surface area contributed by atoms with Crippen molar-refractivity contribution in [2.75, 3.05) is 5.84 Å². The van der Waals surface area contributed by atoms with Crippen LogP contribution in [-0.2, 0) is 6.42 Å². The first-order chi connectivity index (χ1) is 9.47. The highest BCUT2D eigenvalue weighted by Gasteiger charge is 2.07. The van der Waals surface area contributed by atoms with Gasteiger partial charge in [-0.25, -0.2) is 0 Å². The van der Waals surface area contributed by atoms with Crippen LogP contribution >= 0.6 is 12.2 Å². The Bertz CT molecular complexity index is 704. The van der Waals surface area contributed by atoms with Gasteiger partial charge in [-0.3, -0.25) is 9.89 Å². The Kier molecular flexibility index (Phi) is 4.19. The first kappa shape index (κ1) is 14.3. The molecule has 20 heavy (non-hydrogen) atoms. The highest BCUT2D eigenvalue weighted by atomic mass is 32.1. The molecule has 2 aromatic rings. The largest absolute Gasteiger partial charge is 0.491 e. The van der Waals surface area contributed by atoms with E-state index in [0.717, 1.165) is 16.0 Å². The van der Waals surface area contributed by atoms with Crippen LogP contribution < -0.4 is 16.1 Å². The number of nitrogens with zero attached hydrogens (tertiary/aromatic N) is 2. The smallest absolute Gasteiger partial charge is 0.295 e. The second-order valence-corrected chi connectivity index (χ2v) is 5.02. The van der Waals surface area contributed by atoms with Gasteiger partial charge in [0.15, 0.2) is 0 Å². The monoisotopic (exact) mass is 292 g/mol. The van der Waals surface area contributed by atoms with Crippen molar-refractivity contribution in [3.05, 3.63) is 50.6 Å². The fourth-order valence-electron chi connectivity index (χ4n) is 1.71. The summed E-state index contributed by atoms with van der Waals surface area (Å²) in [5.74, 6) is 6.32. The second-order valence-electron chi connectivity index (χ2n) is 4.64. The second kappa shape index (κ2) is 5.87. The lowest BCUT2D eigenvalue weighted by molar-refractivity contribution is 0.242. The third-order valence-electron chi connectivity index (χ3n) is 2.64. The molecule has 106 valence electrons. The molecule has 0 bridgehead atoms. The summed E-state index contributed by atoms with van der Waals surface area (Å²) in [4.78, 5) is 11.9. The minimum Gasteiger partial charge on any atom is -0.491 e. The number of aromatic amines is 1. The summed E-state index contributed by atoms with van der Waals surface area (Å²) in [6.45, 7) is 3.93. The van der Waals surface area contributed by atoms with E-state index in [1.165, 1.54) is 0 Å². The zero-order chi connectivity index (χ0) is 14.7. The zero-order valence-corrected chi connectivity index (χ0v) is 12.1. The molecule has 0 radical (unpaired) electrons. The quantitative estimate of drug-likeness (QED) is 0.657. The van der Waals surface area contributed by atoms with Gasteiger partial charge in [0.1, 0.15) is 11.4 Å². The molecule has 6 nitrogen and oxygen atoms in total. The summed E-state index contributed by atoms with van der Waals surface area (Å²) in [5, 5.41) is 6.48. The molecule has 0 aliphatic rings. The molecule has 3 N–H and O–H groups in total. The molecular formula is C13H16N4O2S. The number of nitrogens with two attached hydrogens (primary N) is 1. The van der Waals surface area contributed by atoms with Gasteiger partial charge in [-0.05, 0) is 43.8 Å². The summed E-state index contributed by atoms with van der Waals surface area (Å²) in [6, 6.07) is 7.51. The number of rotatable bonds is 4. The Morgan fingerprint density at radius 2 is 2.05 bits per heavy atom. The van der Waals surface area contributed by atoms with Crippen molar-refractivity contribution < 1.29 is 4.74 Å². The summed E-state index contributed by atoms with van der Waals surface area (Å²) in [6.07, 6.45) is 0.505. The lowest BCUT2D eigenvalue weighted by atomic mass is 10.1. The van der Waals surface area contributed by atoms with Gasteiger partial charge in [0.2, 0.25) is 4.77 Å². The van der Waals surface area contributed by atoms with E-state index in [9.17, 15) is 4.79 Å². The number of aromatic nitrogens is 3. The van der Waals surface area contributed by atoms with Gasteiger partial charge >= 0.3 is 0 Å². The van der Waals surface area contributed by atoms with Crippen LogP contribution in [0.1, 0.15) is 25.1 Å². The molecule has 2 rings (SSSR count). The van der Waals surface area contributed by atoms with Gasteiger partial charge < -0.3 is 10.6 Å². The zero-order valence-electron chi connectivity index (χ0n) is 11.3. The summed E-state index contributed by atoms with van der Waals surface area (Å²) >= 11 is 4.83. The van der Waals surface area contributed by atoms with Crippen LogP contribution in [-0.4, -0.2) is 21.0 Å². The fourth-order valence-corrected chi connectivity index (χ4v) is 1.84. The molecular weight excluding hydrogens is 276 g/mol. The van der Waals surface area contributed by atoms with Crippen LogP contribution in [0.25, 0.3) is 0 Å². The molecule has 1 aromatic heterocycles. The summed E-state index contributed by atoms with van der Waals surface area (Å²) in [7, 11) is 0. The number of ether oxygens (including phenoxy) is 1. The molecule has 7 heteroatoms. The van der Waals surface area contributed by atoms with E-state index < -0.39 is 5.56 Å². The van der Waals surface area contributed by atoms with Gasteiger partial charge in [-0.1, -0.05) is 12.1 Å². The van der Waals surface area contributed by atoms with Crippen molar-refractivity contribution in [1.29, 1.82) is 0 Å². The summed E-state index contributed by atoms with van der Waals surface area (Å²) < 4.78 is 6.54. The van der Waals surface area contributed by atoms with Crippen molar-refractivity contribution in [1.82, 2.24) is 14.9 Å². The molecule has 0 fully saturated rings. The maximum atomic E-state index is 11.9. The molecule has 1 heterocycles. The van der Waals surface area contributed by atoms with Crippen molar-refractivity contribution in [2.45, 2.75) is 26.4 Å². The van der Waals surface area contributed by atoms with Crippen molar-refractivity contribution >= 4 is 12.2 Å². The topological polar surface area (TPSA) is 85.9 Å². The van der Waals surface area contributed by atoms with E-state index in [1.807, 2.05) is 38.1 Å². The van der Waals surface area contributed by atoms with Crippen LogP contribution in [0, 0.1) is 4.77 Å². The number of H-pyrrole nitrogens is 1. The van der Waals surface area contributed by atoms with Crippen molar-refractivity contribution in [3.8, 4) is 5.75 Å². The van der Waals surface area contributed by atoms with Crippen LogP contribution in [0.4, 0.5) is 0 Å². The third-order valence-corrected chi connectivity index (χ3v) is 2.93. The van der Waals surface area contributed by atoms with Gasteiger partial charge in [-0.2, -0.15) is 9.77 Å². The number of nitrogens with one attached hydrogen (secondary N) is 1. The maximum Gasteiger partial charge on any atom is 0.295 e. The molecule has 0 spiro atoms. The first-order valence-corrected chi connectivity index (χ1v) is 6.59. The average molecular weight is 292 g/mol. The Balaban J connectivity index is 2.21. The molecule has 0 atom stereocenters. The van der Waals surface area contributed by atoms with E-state index in [1.54, 1.807) is 0 Å². The average Bonchev–Trinajstić information content (AvgIpc) is 2.41. The van der Waals surface area contributed by atoms with E-state index in [-0.39, 0.29) is 10.9 Å². The molecule has 0 aliphatic heterocycles. The number of hydrogen-bond donors (Lipinski definition) is 2. The maximum absolute atomic E-state index is 11.9. The van der Waals surface area contributed by atoms with Crippen LogP contribution in [0.5, 0.6) is 5.75 Å². The Morgan fingerprint density at radius 3 is 2.65 bits per heavy atom. The minimum absolute atomic E-state index is 0.0967. The molecule has 0 amide bonds. The predicted octanol–water partition coefficient (Wildman–Crippen LogP) is 1.39. The van der Waals surface area contributed by atoms with E-state index >= 15 is 0 Å². The van der Waals surface area contributed by atoms with Gasteiger partial charge in [0.05, 0.1) is 6.10 Å². The van der Waals surface area contributed by atoms with Crippen LogP contribution in [0.15, 0.2) is 29.1 Å². The normalized spacial score (nSPS) is 10.8. The van der Waals surface area contributed by atoms with E-state index in [4.69, 9.17) is 22.8 Å². The van der Waals surface area contributed by atoms with Crippen LogP contribution in [0.2, 0.25) is 0 Å². The number of nitrogen functional groups attached to an aromatic ring is 1. The lowest BCUT2D eigenvalue weighted by Crippen LogP contribution is -2.32. The van der Waals surface area contributed by atoms with E-state index in [2.05, 4.69) is 10.2 Å². The van der Waals surface area contributed by atoms with E-state index in [0.29, 0.717) is 12.1 Å². The molecule has 0 saturated carbocycles. The highest BCUT2D eigenvalue weighted by molar-refractivity contribution is 7.71. The van der Waals surface area contributed by atoms with Crippen LogP contribution in [0.3, 0.4) is 0 Å². The lowest BCUT2D eigenvalue weighted by Gasteiger charge is -2.10. The van der Waals surface area contributed by atoms with Gasteiger partial charge in [0, 0.05) is 6.42 Å². The molecule has 0 saturated heterocycles. The number of benzene rings is 1. The standard InChI is InChI=1S/C13H16N4O2S/c1-8(2)19-10-5-3-9(4-6-10)7-11-12(18)17(14)13(20)16-15-11/h3-6,8H,7,14H2,1-2H3,(H,16,20). The number of hydrogen-bond acceptors (Lipinski definition) is 5. The Morgan fingerprint density at radius 1 is 1.40 bits per heavy atom. The third kappa shape index (κ3) is 3.24. The molecule has 0 unspecified atom stereocenters. The minimum atomic E-state index is -0.392. The summed E-state index contributed by atoms with van der Waals surface area (Å²) in [5.41, 5.74) is 0.867. The fraction of sp³-hybridized carbons (Fsp3) is 0.308.